The molecular formula is C23H20N4O5S. The van der Waals surface area contributed by atoms with Crippen LogP contribution in [0.4, 0.5) is 17.1 Å². The third-order valence-electron chi connectivity index (χ3n) is 4.39. The number of thiocarbonyl (C=S) groups is 1. The quantitative estimate of drug-likeness (QED) is 0.269. The van der Waals surface area contributed by atoms with Gasteiger partial charge in [0.25, 0.3) is 17.5 Å². The fourth-order valence-corrected chi connectivity index (χ4v) is 3.08. The first-order chi connectivity index (χ1) is 15.9. The zero-order valence-electron chi connectivity index (χ0n) is 17.5. The van der Waals surface area contributed by atoms with E-state index in [1.165, 1.54) is 18.2 Å². The molecule has 0 unspecified atom stereocenters. The number of nitrogens with one attached hydrogen (secondary N) is 3. The molecule has 0 saturated carbocycles. The van der Waals surface area contributed by atoms with E-state index in [4.69, 9.17) is 17.0 Å². The van der Waals surface area contributed by atoms with Crippen molar-refractivity contribution >= 4 is 46.2 Å². The number of anilines is 2. The molecule has 0 aliphatic heterocycles. The van der Waals surface area contributed by atoms with Gasteiger partial charge in [-0.3, -0.25) is 25.0 Å². The van der Waals surface area contributed by atoms with Crippen molar-refractivity contribution in [3.63, 3.8) is 0 Å². The number of ether oxygens (including phenoxy) is 1. The summed E-state index contributed by atoms with van der Waals surface area (Å²) in [6, 6.07) is 18.9. The first-order valence-electron chi connectivity index (χ1n) is 9.87. The highest BCUT2D eigenvalue weighted by molar-refractivity contribution is 7.80. The molecule has 0 bridgehead atoms. The minimum atomic E-state index is -0.618. The number of nitro benzene ring substituents is 1. The minimum absolute atomic E-state index is 0.0622. The molecule has 0 radical (unpaired) electrons. The van der Waals surface area contributed by atoms with Gasteiger partial charge in [0, 0.05) is 23.4 Å². The second kappa shape index (κ2) is 10.8. The molecule has 0 heterocycles. The van der Waals surface area contributed by atoms with Crippen molar-refractivity contribution in [3.8, 4) is 5.75 Å². The molecule has 0 aliphatic rings. The van der Waals surface area contributed by atoms with Crippen molar-refractivity contribution < 1.29 is 19.2 Å². The van der Waals surface area contributed by atoms with Crippen LogP contribution in [0.1, 0.15) is 27.6 Å². The minimum Gasteiger partial charge on any atom is -0.494 e. The van der Waals surface area contributed by atoms with Crippen LogP contribution in [0.3, 0.4) is 0 Å². The number of benzene rings is 3. The van der Waals surface area contributed by atoms with E-state index in [2.05, 4.69) is 16.0 Å². The Hall–Kier alpha value is -4.31. The van der Waals surface area contributed by atoms with Gasteiger partial charge in [-0.05, 0) is 61.6 Å². The van der Waals surface area contributed by atoms with E-state index >= 15 is 0 Å². The SMILES string of the molecule is CCOc1ccc(NC(=O)c2ccccc2NC(=S)NC(=O)c2cccc([N+](=O)[O-])c2)cc1. The third-order valence-corrected chi connectivity index (χ3v) is 4.59. The van der Waals surface area contributed by atoms with Crippen molar-refractivity contribution in [1.29, 1.82) is 0 Å². The highest BCUT2D eigenvalue weighted by atomic mass is 32.1. The molecule has 3 N–H and O–H groups in total. The van der Waals surface area contributed by atoms with E-state index in [0.29, 0.717) is 29.3 Å². The summed E-state index contributed by atoms with van der Waals surface area (Å²) in [6.07, 6.45) is 0. The Bertz CT molecular complexity index is 1200. The molecule has 2 amide bonds. The Kier molecular flexibility index (Phi) is 7.66. The van der Waals surface area contributed by atoms with Gasteiger partial charge in [-0.15, -0.1) is 0 Å². The van der Waals surface area contributed by atoms with Gasteiger partial charge in [-0.2, -0.15) is 0 Å². The summed E-state index contributed by atoms with van der Waals surface area (Å²) < 4.78 is 5.39. The molecular weight excluding hydrogens is 444 g/mol. The van der Waals surface area contributed by atoms with Gasteiger partial charge in [0.15, 0.2) is 5.11 Å². The standard InChI is InChI=1S/C23H20N4O5S/c1-2-32-18-12-10-16(11-13-18)24-22(29)19-8-3-4-9-20(19)25-23(33)26-21(28)15-6-5-7-17(14-15)27(30)31/h3-14H,2H2,1H3,(H,24,29)(H2,25,26,28,33). The number of amides is 2. The Morgan fingerprint density at radius 1 is 0.970 bits per heavy atom. The van der Waals surface area contributed by atoms with Crippen molar-refractivity contribution in [3.05, 3.63) is 94.0 Å². The molecule has 10 heteroatoms. The van der Waals surface area contributed by atoms with E-state index in [1.54, 1.807) is 48.5 Å². The Balaban J connectivity index is 1.67. The first-order valence-corrected chi connectivity index (χ1v) is 10.3. The molecule has 0 atom stereocenters. The van der Waals surface area contributed by atoms with E-state index in [-0.39, 0.29) is 22.3 Å². The van der Waals surface area contributed by atoms with E-state index in [9.17, 15) is 19.7 Å². The van der Waals surface area contributed by atoms with Crippen LogP contribution >= 0.6 is 12.2 Å². The summed E-state index contributed by atoms with van der Waals surface area (Å²) in [4.78, 5) is 35.5. The zero-order valence-corrected chi connectivity index (χ0v) is 18.3. The molecule has 0 aromatic heterocycles. The van der Waals surface area contributed by atoms with Crippen LogP contribution in [0.15, 0.2) is 72.8 Å². The molecule has 168 valence electrons. The highest BCUT2D eigenvalue weighted by Crippen LogP contribution is 2.20. The monoisotopic (exact) mass is 464 g/mol. The average Bonchev–Trinajstić information content (AvgIpc) is 2.80. The molecule has 0 aliphatic carbocycles. The molecule has 0 fully saturated rings. The molecule has 0 spiro atoms. The molecule has 9 nitrogen and oxygen atoms in total. The van der Waals surface area contributed by atoms with Gasteiger partial charge in [0.1, 0.15) is 5.75 Å². The number of hydrogen-bond donors (Lipinski definition) is 3. The van der Waals surface area contributed by atoms with Crippen LogP contribution in [0, 0.1) is 10.1 Å². The van der Waals surface area contributed by atoms with Gasteiger partial charge in [0.2, 0.25) is 0 Å². The maximum Gasteiger partial charge on any atom is 0.270 e. The number of hydrogen-bond acceptors (Lipinski definition) is 6. The Labute approximate surface area is 194 Å². The largest absolute Gasteiger partial charge is 0.494 e. The normalized spacial score (nSPS) is 10.1. The smallest absolute Gasteiger partial charge is 0.270 e. The van der Waals surface area contributed by atoms with Gasteiger partial charge in [-0.25, -0.2) is 0 Å². The lowest BCUT2D eigenvalue weighted by Gasteiger charge is -2.14. The van der Waals surface area contributed by atoms with Gasteiger partial charge >= 0.3 is 0 Å². The second-order valence-corrected chi connectivity index (χ2v) is 7.08. The molecule has 0 saturated heterocycles. The number of nitrogens with zero attached hydrogens (tertiary/aromatic N) is 1. The fourth-order valence-electron chi connectivity index (χ4n) is 2.88. The van der Waals surface area contributed by atoms with E-state index < -0.39 is 10.8 Å². The Morgan fingerprint density at radius 2 is 1.70 bits per heavy atom. The fraction of sp³-hybridized carbons (Fsp3) is 0.0870. The number of nitro groups is 1. The maximum absolute atomic E-state index is 12.8. The molecule has 3 rings (SSSR count). The summed E-state index contributed by atoms with van der Waals surface area (Å²) in [6.45, 7) is 2.43. The first kappa shape index (κ1) is 23.4. The van der Waals surface area contributed by atoms with Crippen molar-refractivity contribution in [2.45, 2.75) is 6.92 Å². The molecule has 33 heavy (non-hydrogen) atoms. The number of para-hydroxylation sites is 1. The Morgan fingerprint density at radius 3 is 2.39 bits per heavy atom. The molecule has 3 aromatic carbocycles. The summed E-state index contributed by atoms with van der Waals surface area (Å²) >= 11 is 5.19. The number of rotatable bonds is 7. The van der Waals surface area contributed by atoms with Gasteiger partial charge in [-0.1, -0.05) is 18.2 Å². The van der Waals surface area contributed by atoms with E-state index in [1.807, 2.05) is 6.92 Å². The van der Waals surface area contributed by atoms with Crippen LogP contribution in [0.2, 0.25) is 0 Å². The van der Waals surface area contributed by atoms with Crippen LogP contribution in [0.5, 0.6) is 5.75 Å². The number of carbonyl (C=O) groups is 2. The van der Waals surface area contributed by atoms with Crippen LogP contribution < -0.4 is 20.7 Å². The van der Waals surface area contributed by atoms with Crippen molar-refractivity contribution in [2.75, 3.05) is 17.2 Å². The lowest BCUT2D eigenvalue weighted by molar-refractivity contribution is -0.384. The number of non-ortho nitro benzene ring substituents is 1. The summed E-state index contributed by atoms with van der Waals surface area (Å²) in [7, 11) is 0. The lowest BCUT2D eigenvalue weighted by atomic mass is 10.1. The van der Waals surface area contributed by atoms with Crippen molar-refractivity contribution in [2.24, 2.45) is 0 Å². The highest BCUT2D eigenvalue weighted by Gasteiger charge is 2.15. The summed E-state index contributed by atoms with van der Waals surface area (Å²) in [5.74, 6) is -0.301. The predicted molar refractivity (Wildman–Crippen MR) is 129 cm³/mol. The zero-order chi connectivity index (χ0) is 23.8. The van der Waals surface area contributed by atoms with Gasteiger partial charge in [0.05, 0.1) is 22.8 Å². The van der Waals surface area contributed by atoms with Crippen LogP contribution in [-0.2, 0) is 0 Å². The lowest BCUT2D eigenvalue weighted by Crippen LogP contribution is -2.34. The molecule has 3 aromatic rings. The third kappa shape index (κ3) is 6.34. The van der Waals surface area contributed by atoms with Crippen LogP contribution in [0.25, 0.3) is 0 Å². The summed E-state index contributed by atoms with van der Waals surface area (Å²) in [5.41, 5.74) is 1.14. The topological polar surface area (TPSA) is 123 Å². The number of carbonyl (C=O) groups excluding carboxylic acids is 2. The van der Waals surface area contributed by atoms with Crippen LogP contribution in [-0.4, -0.2) is 28.5 Å². The second-order valence-electron chi connectivity index (χ2n) is 6.67. The summed E-state index contributed by atoms with van der Waals surface area (Å²) in [5, 5.41) is 18.9. The van der Waals surface area contributed by atoms with E-state index in [0.717, 1.165) is 6.07 Å². The van der Waals surface area contributed by atoms with Crippen molar-refractivity contribution in [1.82, 2.24) is 5.32 Å². The maximum atomic E-state index is 12.8. The van der Waals surface area contributed by atoms with Gasteiger partial charge < -0.3 is 15.4 Å². The average molecular weight is 465 g/mol. The predicted octanol–water partition coefficient (Wildman–Crippen LogP) is 4.37.